The van der Waals surface area contributed by atoms with Crippen LogP contribution in [0, 0.1) is 11.6 Å². The van der Waals surface area contributed by atoms with E-state index in [1.807, 2.05) is 24.3 Å². The molecule has 4 rings (SSSR count). The first-order valence-corrected chi connectivity index (χ1v) is 8.77. The third-order valence-corrected chi connectivity index (χ3v) is 4.79. The van der Waals surface area contributed by atoms with E-state index in [4.69, 9.17) is 9.15 Å². The highest BCUT2D eigenvalue weighted by Gasteiger charge is 2.28. The van der Waals surface area contributed by atoms with Gasteiger partial charge in [-0.05, 0) is 42.8 Å². The molecule has 140 valence electrons. The highest BCUT2D eigenvalue weighted by Crippen LogP contribution is 2.32. The van der Waals surface area contributed by atoms with E-state index in [9.17, 15) is 8.78 Å². The number of nitrogens with zero attached hydrogens (tertiary/aromatic N) is 3. The average Bonchev–Trinajstić information content (AvgIpc) is 3.34. The number of aromatic nitrogens is 2. The smallest absolute Gasteiger partial charge is 0.251 e. The Kier molecular flexibility index (Phi) is 4.85. The predicted octanol–water partition coefficient (Wildman–Crippen LogP) is 4.01. The minimum absolute atomic E-state index is 0.117. The summed E-state index contributed by atoms with van der Waals surface area (Å²) in [6.45, 7) is 2.11. The van der Waals surface area contributed by atoms with E-state index < -0.39 is 11.6 Å². The number of benzene rings is 2. The fraction of sp³-hybridized carbons (Fsp3) is 0.300. The van der Waals surface area contributed by atoms with Crippen LogP contribution < -0.4 is 4.74 Å². The van der Waals surface area contributed by atoms with Gasteiger partial charge in [0, 0.05) is 13.1 Å². The zero-order chi connectivity index (χ0) is 18.8. The first-order valence-electron chi connectivity index (χ1n) is 8.77. The molecule has 0 amide bonds. The Bertz CT molecular complexity index is 944. The Hall–Kier alpha value is -2.80. The molecule has 2 aromatic carbocycles. The fourth-order valence-corrected chi connectivity index (χ4v) is 3.40. The molecule has 1 fully saturated rings. The lowest BCUT2D eigenvalue weighted by Crippen LogP contribution is -2.20. The molecular weight excluding hydrogens is 352 g/mol. The number of halogens is 2. The van der Waals surface area contributed by atoms with Gasteiger partial charge in [0.15, 0.2) is 11.6 Å². The second kappa shape index (κ2) is 7.44. The van der Waals surface area contributed by atoms with Crippen LogP contribution in [0.25, 0.3) is 11.5 Å². The van der Waals surface area contributed by atoms with Crippen molar-refractivity contribution in [2.75, 3.05) is 20.2 Å². The van der Waals surface area contributed by atoms with E-state index in [1.54, 1.807) is 13.2 Å². The Morgan fingerprint density at radius 1 is 1.15 bits per heavy atom. The number of likely N-dealkylation sites (tertiary alicyclic amines) is 1. The molecule has 0 bridgehead atoms. The quantitative estimate of drug-likeness (QED) is 0.678. The van der Waals surface area contributed by atoms with Gasteiger partial charge in [-0.2, -0.15) is 0 Å². The van der Waals surface area contributed by atoms with Crippen molar-refractivity contribution in [2.24, 2.45) is 0 Å². The largest absolute Gasteiger partial charge is 0.496 e. The van der Waals surface area contributed by atoms with Crippen molar-refractivity contribution < 1.29 is 17.9 Å². The molecule has 5 nitrogen and oxygen atoms in total. The molecule has 7 heteroatoms. The maximum absolute atomic E-state index is 13.4. The van der Waals surface area contributed by atoms with Crippen molar-refractivity contribution in [1.82, 2.24) is 15.1 Å². The third kappa shape index (κ3) is 3.68. The first-order chi connectivity index (χ1) is 13.1. The lowest BCUT2D eigenvalue weighted by atomic mass is 10.1. The molecular formula is C20H19F2N3O2. The molecule has 0 N–H and O–H groups in total. The molecule has 0 aliphatic carbocycles. The highest BCUT2D eigenvalue weighted by molar-refractivity contribution is 5.62. The van der Waals surface area contributed by atoms with Crippen molar-refractivity contribution in [1.29, 1.82) is 0 Å². The van der Waals surface area contributed by atoms with Crippen LogP contribution in [0.3, 0.4) is 0 Å². The maximum Gasteiger partial charge on any atom is 0.251 e. The normalized spacial score (nSPS) is 17.4. The van der Waals surface area contributed by atoms with Crippen LogP contribution in [0.2, 0.25) is 0 Å². The lowest BCUT2D eigenvalue weighted by Gasteiger charge is -2.15. The van der Waals surface area contributed by atoms with Crippen molar-refractivity contribution >= 4 is 0 Å². The summed E-state index contributed by atoms with van der Waals surface area (Å²) in [6, 6.07) is 11.5. The highest BCUT2D eigenvalue weighted by atomic mass is 19.2. The molecule has 0 unspecified atom stereocenters. The molecule has 0 saturated carbocycles. The topological polar surface area (TPSA) is 51.4 Å². The van der Waals surface area contributed by atoms with Gasteiger partial charge in [0.05, 0.1) is 18.6 Å². The van der Waals surface area contributed by atoms with Crippen LogP contribution in [0.4, 0.5) is 8.78 Å². The molecule has 1 saturated heterocycles. The molecule has 0 spiro atoms. The summed E-state index contributed by atoms with van der Waals surface area (Å²) in [5.74, 6) is 0.171. The molecule has 1 aromatic heterocycles. The van der Waals surface area contributed by atoms with Crippen LogP contribution in [0.1, 0.15) is 23.8 Å². The van der Waals surface area contributed by atoms with E-state index in [0.717, 1.165) is 36.7 Å². The van der Waals surface area contributed by atoms with Gasteiger partial charge in [-0.25, -0.2) is 8.78 Å². The lowest BCUT2D eigenvalue weighted by molar-refractivity contribution is 0.319. The summed E-state index contributed by atoms with van der Waals surface area (Å²) in [4.78, 5) is 2.17. The zero-order valence-corrected chi connectivity index (χ0v) is 14.9. The van der Waals surface area contributed by atoms with Gasteiger partial charge in [-0.1, -0.05) is 18.2 Å². The second-order valence-electron chi connectivity index (χ2n) is 6.61. The van der Waals surface area contributed by atoms with Crippen LogP contribution in [-0.4, -0.2) is 35.3 Å². The molecule has 27 heavy (non-hydrogen) atoms. The fourth-order valence-electron chi connectivity index (χ4n) is 3.40. The van der Waals surface area contributed by atoms with Crippen molar-refractivity contribution in [3.05, 3.63) is 65.6 Å². The van der Waals surface area contributed by atoms with E-state index in [0.29, 0.717) is 24.1 Å². The number of methoxy groups -OCH3 is 1. The first kappa shape index (κ1) is 17.6. The van der Waals surface area contributed by atoms with Gasteiger partial charge < -0.3 is 9.15 Å². The van der Waals surface area contributed by atoms with Crippen molar-refractivity contribution in [3.63, 3.8) is 0 Å². The summed E-state index contributed by atoms with van der Waals surface area (Å²) in [5, 5.41) is 8.37. The van der Waals surface area contributed by atoms with Crippen LogP contribution in [0.5, 0.6) is 5.75 Å². The minimum atomic E-state index is -0.826. The summed E-state index contributed by atoms with van der Waals surface area (Å²) >= 11 is 0. The zero-order valence-electron chi connectivity index (χ0n) is 14.9. The molecule has 0 radical (unpaired) electrons. The summed E-state index contributed by atoms with van der Waals surface area (Å²) < 4.78 is 37.7. The number of ether oxygens (including phenoxy) is 1. The number of hydrogen-bond donors (Lipinski definition) is 0. The van der Waals surface area contributed by atoms with Gasteiger partial charge in [-0.15, -0.1) is 10.2 Å². The minimum Gasteiger partial charge on any atom is -0.496 e. The maximum atomic E-state index is 13.4. The van der Waals surface area contributed by atoms with Gasteiger partial charge in [0.2, 0.25) is 5.89 Å². The van der Waals surface area contributed by atoms with Crippen LogP contribution in [0.15, 0.2) is 46.9 Å². The summed E-state index contributed by atoms with van der Waals surface area (Å²) in [7, 11) is 1.60. The van der Waals surface area contributed by atoms with Crippen LogP contribution in [-0.2, 0) is 6.54 Å². The molecule has 1 aliphatic rings. The third-order valence-electron chi connectivity index (χ3n) is 4.79. The molecule has 3 aromatic rings. The van der Waals surface area contributed by atoms with Gasteiger partial charge in [0.1, 0.15) is 5.75 Å². The van der Waals surface area contributed by atoms with Gasteiger partial charge in [-0.3, -0.25) is 4.90 Å². The number of para-hydroxylation sites is 1. The SMILES string of the molecule is COc1ccccc1-c1nnc([C@H]2CCN(Cc3ccc(F)c(F)c3)C2)o1. The van der Waals surface area contributed by atoms with E-state index in [2.05, 4.69) is 15.1 Å². The number of rotatable bonds is 5. The predicted molar refractivity (Wildman–Crippen MR) is 95.3 cm³/mol. The van der Waals surface area contributed by atoms with Crippen molar-refractivity contribution in [2.45, 2.75) is 18.9 Å². The molecule has 1 atom stereocenters. The van der Waals surface area contributed by atoms with Gasteiger partial charge in [0.25, 0.3) is 5.89 Å². The second-order valence-corrected chi connectivity index (χ2v) is 6.61. The Balaban J connectivity index is 1.45. The van der Waals surface area contributed by atoms with Crippen molar-refractivity contribution in [3.8, 4) is 17.2 Å². The Labute approximate surface area is 155 Å². The summed E-state index contributed by atoms with van der Waals surface area (Å²) in [5.41, 5.74) is 1.50. The molecule has 1 aliphatic heterocycles. The van der Waals surface area contributed by atoms with E-state index >= 15 is 0 Å². The van der Waals surface area contributed by atoms with Gasteiger partial charge >= 0.3 is 0 Å². The average molecular weight is 371 g/mol. The Morgan fingerprint density at radius 2 is 2.00 bits per heavy atom. The standard InChI is InChI=1S/C20H19F2N3O2/c1-26-18-5-3-2-4-15(18)20-24-23-19(27-20)14-8-9-25(12-14)11-13-6-7-16(21)17(22)10-13/h2-7,10,14H,8-9,11-12H2,1H3/t14-/m0/s1. The van der Waals surface area contributed by atoms with E-state index in [-0.39, 0.29) is 5.92 Å². The Morgan fingerprint density at radius 3 is 2.81 bits per heavy atom. The monoisotopic (exact) mass is 371 g/mol. The van der Waals surface area contributed by atoms with Crippen LogP contribution >= 0.6 is 0 Å². The summed E-state index contributed by atoms with van der Waals surface area (Å²) in [6.07, 6.45) is 0.872. The number of hydrogen-bond acceptors (Lipinski definition) is 5. The van der Waals surface area contributed by atoms with E-state index in [1.165, 1.54) is 6.07 Å². The molecule has 2 heterocycles.